The lowest BCUT2D eigenvalue weighted by Gasteiger charge is -2.02. The minimum atomic E-state index is -0.339. The predicted octanol–water partition coefficient (Wildman–Crippen LogP) is 3.32. The summed E-state index contributed by atoms with van der Waals surface area (Å²) in [6, 6.07) is 5.21. The molecule has 0 bridgehead atoms. The largest absolute Gasteiger partial charge is 0.459 e. The minimum Gasteiger partial charge on any atom is -0.459 e. The molecule has 112 valence electrons. The van der Waals surface area contributed by atoms with Gasteiger partial charge in [0.2, 0.25) is 0 Å². The number of pyridine rings is 2. The van der Waals surface area contributed by atoms with Crippen LogP contribution in [0.4, 0.5) is 0 Å². The molecule has 0 spiro atoms. The molecule has 0 aliphatic carbocycles. The number of hydrogen-bond donors (Lipinski definition) is 0. The van der Waals surface area contributed by atoms with Crippen molar-refractivity contribution < 1.29 is 9.53 Å². The van der Waals surface area contributed by atoms with E-state index in [1.807, 2.05) is 6.07 Å². The third kappa shape index (κ3) is 3.37. The van der Waals surface area contributed by atoms with Gasteiger partial charge in [0.25, 0.3) is 0 Å². The van der Waals surface area contributed by atoms with Gasteiger partial charge in [0.15, 0.2) is 5.65 Å². The van der Waals surface area contributed by atoms with Crippen LogP contribution in [0.5, 0.6) is 0 Å². The van der Waals surface area contributed by atoms with Crippen LogP contribution in [0.15, 0.2) is 43.0 Å². The van der Waals surface area contributed by atoms with Crippen molar-refractivity contribution in [2.75, 3.05) is 0 Å². The van der Waals surface area contributed by atoms with Gasteiger partial charge in [0.1, 0.15) is 6.61 Å². The van der Waals surface area contributed by atoms with Crippen LogP contribution in [-0.2, 0) is 22.6 Å². The molecule has 0 saturated heterocycles. The molecule has 0 aromatic carbocycles. The van der Waals surface area contributed by atoms with Crippen molar-refractivity contribution in [2.45, 2.75) is 13.0 Å². The average molecular weight is 336 g/mol. The van der Waals surface area contributed by atoms with Crippen molar-refractivity contribution in [3.8, 4) is 0 Å². The summed E-state index contributed by atoms with van der Waals surface area (Å²) >= 11 is 12.0. The van der Waals surface area contributed by atoms with E-state index < -0.39 is 0 Å². The fourth-order valence-corrected chi connectivity index (χ4v) is 2.55. The molecule has 22 heavy (non-hydrogen) atoms. The summed E-state index contributed by atoms with van der Waals surface area (Å²) in [4.78, 5) is 20.1. The first-order chi connectivity index (χ1) is 10.6. The number of imidazole rings is 1. The smallest absolute Gasteiger partial charge is 0.310 e. The van der Waals surface area contributed by atoms with Gasteiger partial charge in [-0.2, -0.15) is 0 Å². The highest BCUT2D eigenvalue weighted by molar-refractivity contribution is 6.36. The fourth-order valence-electron chi connectivity index (χ4n) is 2.02. The Bertz CT molecular complexity index is 818. The van der Waals surface area contributed by atoms with Crippen LogP contribution in [0.25, 0.3) is 5.65 Å². The molecule has 3 aromatic heterocycles. The highest BCUT2D eigenvalue weighted by Crippen LogP contribution is 2.22. The maximum atomic E-state index is 11.8. The molecule has 0 amide bonds. The number of esters is 1. The average Bonchev–Trinajstić information content (AvgIpc) is 2.89. The molecule has 0 unspecified atom stereocenters. The van der Waals surface area contributed by atoms with Gasteiger partial charge in [-0.15, -0.1) is 0 Å². The van der Waals surface area contributed by atoms with E-state index in [9.17, 15) is 4.79 Å². The maximum absolute atomic E-state index is 11.8. The molecule has 0 aliphatic rings. The molecule has 3 aromatic rings. The maximum Gasteiger partial charge on any atom is 0.310 e. The molecule has 7 heteroatoms. The lowest BCUT2D eigenvalue weighted by atomic mass is 10.2. The number of carbonyl (C=O) groups is 1. The zero-order chi connectivity index (χ0) is 15.5. The Kier molecular flexibility index (Phi) is 4.27. The molecule has 3 heterocycles. The number of halogens is 2. The zero-order valence-corrected chi connectivity index (χ0v) is 12.9. The van der Waals surface area contributed by atoms with Crippen LogP contribution < -0.4 is 0 Å². The summed E-state index contributed by atoms with van der Waals surface area (Å²) in [7, 11) is 0. The first-order valence-corrected chi connectivity index (χ1v) is 7.24. The lowest BCUT2D eigenvalue weighted by Crippen LogP contribution is -2.08. The fraction of sp³-hybridized carbons (Fsp3) is 0.133. The van der Waals surface area contributed by atoms with E-state index in [0.717, 1.165) is 5.56 Å². The van der Waals surface area contributed by atoms with E-state index >= 15 is 0 Å². The summed E-state index contributed by atoms with van der Waals surface area (Å²) in [6.07, 6.45) is 6.88. The molecule has 0 fully saturated rings. The van der Waals surface area contributed by atoms with Crippen LogP contribution in [0, 0.1) is 0 Å². The third-order valence-corrected chi connectivity index (χ3v) is 3.46. The first-order valence-electron chi connectivity index (χ1n) is 6.49. The van der Waals surface area contributed by atoms with Gasteiger partial charge in [-0.25, -0.2) is 4.98 Å². The highest BCUT2D eigenvalue weighted by atomic mass is 35.5. The van der Waals surface area contributed by atoms with Crippen molar-refractivity contribution in [3.63, 3.8) is 0 Å². The third-order valence-electron chi connectivity index (χ3n) is 2.98. The van der Waals surface area contributed by atoms with Crippen LogP contribution in [0.2, 0.25) is 10.0 Å². The zero-order valence-electron chi connectivity index (χ0n) is 11.4. The van der Waals surface area contributed by atoms with E-state index in [1.54, 1.807) is 41.3 Å². The molecule has 3 rings (SSSR count). The molecule has 0 atom stereocenters. The second kappa shape index (κ2) is 6.34. The molecule has 0 aliphatic heterocycles. The van der Waals surface area contributed by atoms with Gasteiger partial charge in [-0.3, -0.25) is 9.78 Å². The van der Waals surface area contributed by atoms with Gasteiger partial charge in [-0.1, -0.05) is 29.3 Å². The summed E-state index contributed by atoms with van der Waals surface area (Å²) < 4.78 is 6.92. The van der Waals surface area contributed by atoms with Gasteiger partial charge in [-0.05, 0) is 17.7 Å². The monoisotopic (exact) mass is 335 g/mol. The molecule has 5 nitrogen and oxygen atoms in total. The van der Waals surface area contributed by atoms with E-state index in [2.05, 4.69) is 9.97 Å². The Balaban J connectivity index is 1.66. The Morgan fingerprint density at radius 2 is 2.18 bits per heavy atom. The summed E-state index contributed by atoms with van der Waals surface area (Å²) in [5.41, 5.74) is 1.98. The summed E-state index contributed by atoms with van der Waals surface area (Å²) in [6.45, 7) is 0.0781. The second-order valence-corrected chi connectivity index (χ2v) is 5.51. The molecular weight excluding hydrogens is 325 g/mol. The van der Waals surface area contributed by atoms with Gasteiger partial charge >= 0.3 is 5.97 Å². The number of aromatic nitrogens is 3. The molecular formula is C15H11Cl2N3O2. The normalized spacial score (nSPS) is 10.8. The Hall–Kier alpha value is -2.11. The standard InChI is InChI=1S/C15H11Cl2N3O2/c16-11-5-13(17)15-19-12(8-20(15)7-11)9-22-14(21)4-10-2-1-3-18-6-10/h1-3,5-8H,4,9H2. The Morgan fingerprint density at radius 1 is 1.32 bits per heavy atom. The molecule has 0 N–H and O–H groups in total. The molecule has 0 saturated carbocycles. The number of fused-ring (bicyclic) bond motifs is 1. The van der Waals surface area contributed by atoms with Crippen LogP contribution in [-0.4, -0.2) is 20.3 Å². The number of carbonyl (C=O) groups excluding carboxylic acids is 1. The topological polar surface area (TPSA) is 56.5 Å². The van der Waals surface area contributed by atoms with Crippen LogP contribution >= 0.6 is 23.2 Å². The number of hydrogen-bond acceptors (Lipinski definition) is 4. The summed E-state index contributed by atoms with van der Waals surface area (Å²) in [5.74, 6) is -0.339. The number of nitrogens with zero attached hydrogens (tertiary/aromatic N) is 3. The quantitative estimate of drug-likeness (QED) is 0.686. The van der Waals surface area contributed by atoms with Gasteiger partial charge in [0, 0.05) is 24.8 Å². The van der Waals surface area contributed by atoms with E-state index in [1.165, 1.54) is 0 Å². The molecule has 0 radical (unpaired) electrons. The van der Waals surface area contributed by atoms with Crippen molar-refractivity contribution in [3.05, 3.63) is 64.3 Å². The number of ether oxygens (including phenoxy) is 1. The predicted molar refractivity (Wildman–Crippen MR) is 82.9 cm³/mol. The van der Waals surface area contributed by atoms with Gasteiger partial charge < -0.3 is 9.14 Å². The van der Waals surface area contributed by atoms with Crippen molar-refractivity contribution in [1.29, 1.82) is 0 Å². The van der Waals surface area contributed by atoms with Crippen molar-refractivity contribution >= 4 is 34.8 Å². The van der Waals surface area contributed by atoms with Crippen LogP contribution in [0.1, 0.15) is 11.3 Å². The Morgan fingerprint density at radius 3 is 2.95 bits per heavy atom. The van der Waals surface area contributed by atoms with Crippen molar-refractivity contribution in [1.82, 2.24) is 14.4 Å². The first kappa shape index (κ1) is 14.8. The van der Waals surface area contributed by atoms with E-state index in [0.29, 0.717) is 21.4 Å². The van der Waals surface area contributed by atoms with E-state index in [-0.39, 0.29) is 19.0 Å². The highest BCUT2D eigenvalue weighted by Gasteiger charge is 2.10. The minimum absolute atomic E-state index is 0.0781. The van der Waals surface area contributed by atoms with E-state index in [4.69, 9.17) is 27.9 Å². The van der Waals surface area contributed by atoms with Gasteiger partial charge in [0.05, 0.1) is 22.2 Å². The summed E-state index contributed by atoms with van der Waals surface area (Å²) in [5, 5.41) is 0.954. The lowest BCUT2D eigenvalue weighted by molar-refractivity contribution is -0.144. The SMILES string of the molecule is O=C(Cc1cccnc1)OCc1cn2cc(Cl)cc(Cl)c2n1. The Labute approximate surface area is 136 Å². The number of rotatable bonds is 4. The second-order valence-electron chi connectivity index (χ2n) is 4.67. The van der Waals surface area contributed by atoms with Crippen LogP contribution in [0.3, 0.4) is 0 Å². The van der Waals surface area contributed by atoms with Crippen molar-refractivity contribution in [2.24, 2.45) is 0 Å².